The Balaban J connectivity index is 3.68. The zero-order valence-electron chi connectivity index (χ0n) is 17.9. The van der Waals surface area contributed by atoms with Crippen LogP contribution in [0.3, 0.4) is 0 Å². The van der Waals surface area contributed by atoms with Crippen LogP contribution in [0.4, 0.5) is 0 Å². The van der Waals surface area contributed by atoms with Gasteiger partial charge < -0.3 is 4.74 Å². The lowest BCUT2D eigenvalue weighted by molar-refractivity contribution is -0.152. The second-order valence-corrected chi connectivity index (χ2v) is 8.19. The Morgan fingerprint density at radius 3 is 2.12 bits per heavy atom. The highest BCUT2D eigenvalue weighted by molar-refractivity contribution is 5.69. The molecule has 2 heteroatoms. The summed E-state index contributed by atoms with van der Waals surface area (Å²) in [5, 5.41) is 0. The highest BCUT2D eigenvalue weighted by Crippen LogP contribution is 2.17. The van der Waals surface area contributed by atoms with Crippen LogP contribution in [0.5, 0.6) is 0 Å². The molecule has 0 fully saturated rings. The van der Waals surface area contributed by atoms with Crippen LogP contribution in [-0.2, 0) is 9.53 Å². The summed E-state index contributed by atoms with van der Waals surface area (Å²) in [6.07, 6.45) is 16.2. The predicted molar refractivity (Wildman–Crippen MR) is 110 cm³/mol. The Morgan fingerprint density at radius 2 is 1.52 bits per heavy atom. The van der Waals surface area contributed by atoms with E-state index in [0.717, 1.165) is 25.2 Å². The molecule has 25 heavy (non-hydrogen) atoms. The lowest BCUT2D eigenvalue weighted by Crippen LogP contribution is -2.23. The molecule has 0 heterocycles. The van der Waals surface area contributed by atoms with Crippen molar-refractivity contribution >= 4 is 5.97 Å². The molecule has 0 aromatic heterocycles. The minimum atomic E-state index is -0.0293. The van der Waals surface area contributed by atoms with Crippen LogP contribution in [0.1, 0.15) is 106 Å². The van der Waals surface area contributed by atoms with E-state index < -0.39 is 0 Å². The largest absolute Gasteiger partial charge is 0.462 e. The maximum atomic E-state index is 12.0. The molecule has 3 atom stereocenters. The fourth-order valence-electron chi connectivity index (χ4n) is 3.05. The van der Waals surface area contributed by atoms with E-state index in [-0.39, 0.29) is 12.1 Å². The van der Waals surface area contributed by atoms with Crippen LogP contribution in [0.2, 0.25) is 0 Å². The van der Waals surface area contributed by atoms with Gasteiger partial charge in [0.05, 0.1) is 0 Å². The highest BCUT2D eigenvalue weighted by atomic mass is 16.5. The first-order valence-corrected chi connectivity index (χ1v) is 10.7. The van der Waals surface area contributed by atoms with Gasteiger partial charge >= 0.3 is 5.97 Å². The van der Waals surface area contributed by atoms with Crippen molar-refractivity contribution in [1.82, 2.24) is 0 Å². The van der Waals surface area contributed by atoms with Crippen LogP contribution >= 0.6 is 0 Å². The third-order valence-electron chi connectivity index (χ3n) is 5.20. The van der Waals surface area contributed by atoms with E-state index in [2.05, 4.69) is 53.7 Å². The Labute approximate surface area is 157 Å². The molecule has 0 saturated heterocycles. The molecule has 0 radical (unpaired) electrons. The fraction of sp³-hybridized carbons (Fsp3) is 0.870. The van der Waals surface area contributed by atoms with Crippen molar-refractivity contribution in [3.8, 4) is 0 Å². The van der Waals surface area contributed by atoms with E-state index in [1.165, 1.54) is 38.5 Å². The first-order valence-electron chi connectivity index (χ1n) is 10.7. The zero-order valence-corrected chi connectivity index (χ0v) is 17.9. The van der Waals surface area contributed by atoms with Gasteiger partial charge in [0.1, 0.15) is 6.10 Å². The van der Waals surface area contributed by atoms with E-state index in [1.54, 1.807) is 0 Å². The van der Waals surface area contributed by atoms with E-state index in [4.69, 9.17) is 4.74 Å². The molecule has 0 saturated carbocycles. The third kappa shape index (κ3) is 14.1. The Morgan fingerprint density at radius 1 is 0.840 bits per heavy atom. The molecule has 0 unspecified atom stereocenters. The molecule has 0 spiro atoms. The summed E-state index contributed by atoms with van der Waals surface area (Å²) in [5.41, 5.74) is 0. The van der Waals surface area contributed by atoms with Gasteiger partial charge in [-0.15, -0.1) is 0 Å². The molecule has 0 bridgehead atoms. The number of hydrogen-bond donors (Lipinski definition) is 0. The van der Waals surface area contributed by atoms with Crippen molar-refractivity contribution in [2.75, 3.05) is 0 Å². The summed E-state index contributed by atoms with van der Waals surface area (Å²) >= 11 is 0. The van der Waals surface area contributed by atoms with Gasteiger partial charge in [-0.3, -0.25) is 4.79 Å². The Hall–Kier alpha value is -0.790. The summed E-state index contributed by atoms with van der Waals surface area (Å²) < 4.78 is 5.58. The zero-order chi connectivity index (χ0) is 19.1. The molecule has 2 nitrogen and oxygen atoms in total. The minimum absolute atomic E-state index is 0.0293. The molecule has 0 aliphatic carbocycles. The summed E-state index contributed by atoms with van der Waals surface area (Å²) in [7, 11) is 0. The van der Waals surface area contributed by atoms with Gasteiger partial charge in [0, 0.05) is 6.42 Å². The first kappa shape index (κ1) is 24.2. The van der Waals surface area contributed by atoms with Gasteiger partial charge in [-0.05, 0) is 49.9 Å². The van der Waals surface area contributed by atoms with Crippen molar-refractivity contribution in [1.29, 1.82) is 0 Å². The average molecular weight is 353 g/mol. The molecule has 0 aromatic rings. The van der Waals surface area contributed by atoms with Gasteiger partial charge in [0.25, 0.3) is 0 Å². The van der Waals surface area contributed by atoms with Gasteiger partial charge in [0.15, 0.2) is 0 Å². The fourth-order valence-corrected chi connectivity index (χ4v) is 3.05. The number of esters is 1. The van der Waals surface area contributed by atoms with E-state index in [0.29, 0.717) is 18.3 Å². The maximum absolute atomic E-state index is 12.0. The van der Waals surface area contributed by atoms with E-state index >= 15 is 0 Å². The first-order chi connectivity index (χ1) is 11.9. The van der Waals surface area contributed by atoms with Crippen molar-refractivity contribution < 1.29 is 9.53 Å². The quantitative estimate of drug-likeness (QED) is 0.175. The lowest BCUT2D eigenvalue weighted by Gasteiger charge is -2.20. The number of rotatable bonds is 15. The molecule has 148 valence electrons. The normalized spacial score (nSPS) is 15.5. The number of allylic oxidation sites excluding steroid dienone is 2. The van der Waals surface area contributed by atoms with E-state index in [9.17, 15) is 4.79 Å². The van der Waals surface area contributed by atoms with Crippen molar-refractivity contribution in [3.63, 3.8) is 0 Å². The minimum Gasteiger partial charge on any atom is -0.462 e. The maximum Gasteiger partial charge on any atom is 0.306 e. The van der Waals surface area contributed by atoms with Crippen LogP contribution < -0.4 is 0 Å². The second kappa shape index (κ2) is 15.5. The summed E-state index contributed by atoms with van der Waals surface area (Å²) in [5.74, 6) is 1.66. The molecule has 0 rings (SSSR count). The van der Waals surface area contributed by atoms with E-state index in [1.807, 2.05) is 0 Å². The van der Waals surface area contributed by atoms with Crippen LogP contribution in [0, 0.1) is 17.8 Å². The van der Waals surface area contributed by atoms with Crippen molar-refractivity contribution in [2.45, 2.75) is 112 Å². The number of ether oxygens (including phenoxy) is 1. The monoisotopic (exact) mass is 352 g/mol. The lowest BCUT2D eigenvalue weighted by atomic mass is 10.00. The summed E-state index contributed by atoms with van der Waals surface area (Å²) in [6.45, 7) is 13.1. The number of carbonyl (C=O) groups is 1. The molecule has 0 aliphatic rings. The average Bonchev–Trinajstić information content (AvgIpc) is 2.57. The third-order valence-corrected chi connectivity index (χ3v) is 5.20. The molecule has 0 N–H and O–H groups in total. The summed E-state index contributed by atoms with van der Waals surface area (Å²) in [6, 6.07) is 0. The van der Waals surface area contributed by atoms with Gasteiger partial charge in [-0.25, -0.2) is 0 Å². The Kier molecular flexibility index (Phi) is 15.0. The number of unbranched alkanes of at least 4 members (excludes halogenated alkanes) is 3. The highest BCUT2D eigenvalue weighted by Gasteiger charge is 2.17. The molecular formula is C23H44O2. The summed E-state index contributed by atoms with van der Waals surface area (Å²) in [4.78, 5) is 12.0. The van der Waals surface area contributed by atoms with Gasteiger partial charge in [-0.1, -0.05) is 79.4 Å². The van der Waals surface area contributed by atoms with Gasteiger partial charge in [-0.2, -0.15) is 0 Å². The number of carbonyl (C=O) groups excluding carboxylic acids is 1. The van der Waals surface area contributed by atoms with Crippen LogP contribution in [0.15, 0.2) is 12.2 Å². The smallest absolute Gasteiger partial charge is 0.306 e. The molecule has 0 aromatic carbocycles. The van der Waals surface area contributed by atoms with Crippen molar-refractivity contribution in [2.24, 2.45) is 17.8 Å². The Bertz CT molecular complexity index is 346. The molecular weight excluding hydrogens is 308 g/mol. The standard InChI is InChI=1S/C23H44O2/c1-7-20(5)16-14-12-10-9-11-13-15-17-21(6)18-23(24)25-22(8-2)19(3)4/h11,13,19-22H,7-10,12,14-18H2,1-6H3/b13-11-/t20-,21-,22+/m1/s1. The number of hydrogen-bond acceptors (Lipinski definition) is 2. The van der Waals surface area contributed by atoms with Crippen molar-refractivity contribution in [3.05, 3.63) is 12.2 Å². The molecule has 0 amide bonds. The predicted octanol–water partition coefficient (Wildman–Crippen LogP) is 7.32. The van der Waals surface area contributed by atoms with Gasteiger partial charge in [0.2, 0.25) is 0 Å². The molecule has 0 aliphatic heterocycles. The SMILES string of the molecule is CC[C@@H](C)CCCCC/C=C\CC[C@@H](C)CC(=O)O[C@@H](CC)C(C)C. The van der Waals surface area contributed by atoms with Crippen LogP contribution in [-0.4, -0.2) is 12.1 Å². The topological polar surface area (TPSA) is 26.3 Å². The van der Waals surface area contributed by atoms with Crippen LogP contribution in [0.25, 0.3) is 0 Å². The second-order valence-electron chi connectivity index (χ2n) is 8.19.